The van der Waals surface area contributed by atoms with Crippen LogP contribution >= 0.6 is 0 Å². The first kappa shape index (κ1) is 16.7. The Kier molecular flexibility index (Phi) is 6.41. The van der Waals surface area contributed by atoms with Crippen LogP contribution < -0.4 is 10.1 Å². The van der Waals surface area contributed by atoms with Gasteiger partial charge in [0.15, 0.2) is 0 Å². The summed E-state index contributed by atoms with van der Waals surface area (Å²) < 4.78 is 9.85. The second-order valence-corrected chi connectivity index (χ2v) is 4.35. The van der Waals surface area contributed by atoms with Gasteiger partial charge in [-0.15, -0.1) is 0 Å². The molecule has 0 spiro atoms. The Morgan fingerprint density at radius 2 is 2.14 bits per heavy atom. The third kappa shape index (κ3) is 5.27. The Labute approximate surface area is 121 Å². The van der Waals surface area contributed by atoms with Gasteiger partial charge in [-0.3, -0.25) is 10.1 Å². The molecule has 1 rings (SSSR count). The molecule has 116 valence electrons. The van der Waals surface area contributed by atoms with Crippen LogP contribution in [0.15, 0.2) is 18.2 Å². The number of aliphatic carboxylic acids is 1. The summed E-state index contributed by atoms with van der Waals surface area (Å²) in [6.45, 7) is 0.448. The summed E-state index contributed by atoms with van der Waals surface area (Å²) in [6, 6.07) is 3.20. The minimum absolute atomic E-state index is 0.169. The third-order valence-electron chi connectivity index (χ3n) is 2.82. The van der Waals surface area contributed by atoms with E-state index in [1.54, 1.807) is 0 Å². The molecule has 1 unspecified atom stereocenters. The van der Waals surface area contributed by atoms with Crippen LogP contribution in [0.3, 0.4) is 0 Å². The molecule has 0 fully saturated rings. The minimum atomic E-state index is -1.03. The van der Waals surface area contributed by atoms with Crippen LogP contribution in [0.1, 0.15) is 12.8 Å². The molecule has 1 aromatic carbocycles. The van der Waals surface area contributed by atoms with Gasteiger partial charge < -0.3 is 19.9 Å². The highest BCUT2D eigenvalue weighted by Crippen LogP contribution is 2.26. The fourth-order valence-electron chi connectivity index (χ4n) is 1.78. The highest BCUT2D eigenvalue weighted by molar-refractivity contribution is 5.77. The molecular weight excluding hydrogens is 280 g/mol. The van der Waals surface area contributed by atoms with E-state index in [0.717, 1.165) is 0 Å². The zero-order valence-electron chi connectivity index (χ0n) is 11.9. The van der Waals surface area contributed by atoms with Crippen LogP contribution in [0.2, 0.25) is 0 Å². The lowest BCUT2D eigenvalue weighted by molar-refractivity contribution is -0.384. The minimum Gasteiger partial charge on any atom is -0.496 e. The highest BCUT2D eigenvalue weighted by atomic mass is 16.6. The fraction of sp³-hybridized carbons (Fsp3) is 0.462. The molecule has 1 aromatic rings. The van der Waals surface area contributed by atoms with Crippen LogP contribution in [0.4, 0.5) is 11.4 Å². The Morgan fingerprint density at radius 1 is 1.43 bits per heavy atom. The van der Waals surface area contributed by atoms with Gasteiger partial charge in [-0.25, -0.2) is 4.79 Å². The first-order valence-electron chi connectivity index (χ1n) is 6.29. The van der Waals surface area contributed by atoms with Gasteiger partial charge >= 0.3 is 5.97 Å². The molecule has 1 atom stereocenters. The van der Waals surface area contributed by atoms with Gasteiger partial charge in [0.25, 0.3) is 5.69 Å². The maximum absolute atomic E-state index is 11.2. The van der Waals surface area contributed by atoms with E-state index in [2.05, 4.69) is 5.32 Å². The SMILES string of the molecule is COCCCC(Nc1cc(OC)cc([N+](=O)[O-])c1)C(=O)O. The van der Waals surface area contributed by atoms with Crippen molar-refractivity contribution in [1.29, 1.82) is 0 Å². The molecule has 21 heavy (non-hydrogen) atoms. The molecule has 0 radical (unpaired) electrons. The first-order chi connectivity index (χ1) is 9.97. The number of carbonyl (C=O) groups is 1. The quantitative estimate of drug-likeness (QED) is 0.407. The van der Waals surface area contributed by atoms with Crippen molar-refractivity contribution in [2.45, 2.75) is 18.9 Å². The average Bonchev–Trinajstić information content (AvgIpc) is 2.45. The summed E-state index contributed by atoms with van der Waals surface area (Å²) in [7, 11) is 2.92. The summed E-state index contributed by atoms with van der Waals surface area (Å²) in [5, 5.41) is 22.8. The topological polar surface area (TPSA) is 111 Å². The van der Waals surface area contributed by atoms with Crippen molar-refractivity contribution < 1.29 is 24.3 Å². The maximum atomic E-state index is 11.2. The van der Waals surface area contributed by atoms with E-state index in [4.69, 9.17) is 9.47 Å². The van der Waals surface area contributed by atoms with Gasteiger partial charge in [0, 0.05) is 31.5 Å². The van der Waals surface area contributed by atoms with E-state index in [0.29, 0.717) is 25.1 Å². The Hall–Kier alpha value is -2.35. The predicted molar refractivity (Wildman–Crippen MR) is 75.8 cm³/mol. The van der Waals surface area contributed by atoms with Crippen molar-refractivity contribution in [3.63, 3.8) is 0 Å². The summed E-state index contributed by atoms with van der Waals surface area (Å²) >= 11 is 0. The molecule has 0 aliphatic heterocycles. The number of carboxylic acids is 1. The molecule has 0 saturated heterocycles. The molecule has 0 bridgehead atoms. The second kappa shape index (κ2) is 8.05. The van der Waals surface area contributed by atoms with Crippen LogP contribution in [-0.4, -0.2) is 42.9 Å². The van der Waals surface area contributed by atoms with Gasteiger partial charge in [0.2, 0.25) is 0 Å². The molecule has 0 saturated carbocycles. The van der Waals surface area contributed by atoms with Crippen molar-refractivity contribution in [3.8, 4) is 5.75 Å². The van der Waals surface area contributed by atoms with E-state index in [9.17, 15) is 20.0 Å². The average molecular weight is 298 g/mol. The zero-order chi connectivity index (χ0) is 15.8. The molecule has 8 nitrogen and oxygen atoms in total. The molecule has 0 heterocycles. The van der Waals surface area contributed by atoms with Crippen molar-refractivity contribution in [2.24, 2.45) is 0 Å². The summed E-state index contributed by atoms with van der Waals surface area (Å²) in [6.07, 6.45) is 0.903. The number of nitrogens with zero attached hydrogens (tertiary/aromatic N) is 1. The Bertz CT molecular complexity index is 505. The zero-order valence-corrected chi connectivity index (χ0v) is 11.9. The van der Waals surface area contributed by atoms with Gasteiger partial charge in [-0.2, -0.15) is 0 Å². The van der Waals surface area contributed by atoms with Crippen molar-refractivity contribution in [3.05, 3.63) is 28.3 Å². The first-order valence-corrected chi connectivity index (χ1v) is 6.29. The number of hydrogen-bond acceptors (Lipinski definition) is 6. The number of nitrogens with one attached hydrogen (secondary N) is 1. The molecule has 8 heteroatoms. The molecule has 0 aromatic heterocycles. The van der Waals surface area contributed by atoms with E-state index in [1.807, 2.05) is 0 Å². The number of non-ortho nitro benzene ring substituents is 1. The van der Waals surface area contributed by atoms with Crippen molar-refractivity contribution in [2.75, 3.05) is 26.1 Å². The summed E-state index contributed by atoms with van der Waals surface area (Å²) in [4.78, 5) is 21.5. The number of ether oxygens (including phenoxy) is 2. The largest absolute Gasteiger partial charge is 0.496 e. The number of nitro groups is 1. The van der Waals surface area contributed by atoms with E-state index < -0.39 is 16.9 Å². The van der Waals surface area contributed by atoms with Crippen molar-refractivity contribution >= 4 is 17.3 Å². The van der Waals surface area contributed by atoms with Crippen LogP contribution in [0.5, 0.6) is 5.75 Å². The monoisotopic (exact) mass is 298 g/mol. The number of rotatable bonds is 9. The number of benzene rings is 1. The van der Waals surface area contributed by atoms with Gasteiger partial charge in [0.1, 0.15) is 11.8 Å². The van der Waals surface area contributed by atoms with Gasteiger partial charge in [-0.1, -0.05) is 0 Å². The Morgan fingerprint density at radius 3 is 2.67 bits per heavy atom. The van der Waals surface area contributed by atoms with E-state index in [-0.39, 0.29) is 11.4 Å². The third-order valence-corrected chi connectivity index (χ3v) is 2.82. The van der Waals surface area contributed by atoms with Crippen LogP contribution in [0, 0.1) is 10.1 Å². The van der Waals surface area contributed by atoms with Crippen molar-refractivity contribution in [1.82, 2.24) is 0 Å². The van der Waals surface area contributed by atoms with Gasteiger partial charge in [0.05, 0.1) is 18.1 Å². The van der Waals surface area contributed by atoms with E-state index >= 15 is 0 Å². The normalized spacial score (nSPS) is 11.7. The Balaban J connectivity index is 2.89. The number of nitro benzene ring substituents is 1. The predicted octanol–water partition coefficient (Wildman–Crippen LogP) is 1.90. The van der Waals surface area contributed by atoms with Gasteiger partial charge in [-0.05, 0) is 12.8 Å². The number of methoxy groups -OCH3 is 2. The lowest BCUT2D eigenvalue weighted by Gasteiger charge is -2.16. The van der Waals surface area contributed by atoms with Crippen LogP contribution in [0.25, 0.3) is 0 Å². The van der Waals surface area contributed by atoms with Crippen LogP contribution in [-0.2, 0) is 9.53 Å². The van der Waals surface area contributed by atoms with E-state index in [1.165, 1.54) is 32.4 Å². The lowest BCUT2D eigenvalue weighted by Crippen LogP contribution is -2.29. The molecule has 2 N–H and O–H groups in total. The smallest absolute Gasteiger partial charge is 0.326 e. The lowest BCUT2D eigenvalue weighted by atomic mass is 10.1. The summed E-state index contributed by atoms with van der Waals surface area (Å²) in [5.41, 5.74) is 0.156. The number of hydrogen-bond donors (Lipinski definition) is 2. The highest BCUT2D eigenvalue weighted by Gasteiger charge is 2.19. The molecule has 0 aliphatic carbocycles. The standard InChI is InChI=1S/C13H18N2O6/c1-20-5-3-4-12(13(16)17)14-9-6-10(15(18)19)8-11(7-9)21-2/h6-8,12,14H,3-5H2,1-2H3,(H,16,17). The molecule has 0 amide bonds. The molecule has 0 aliphatic rings. The fourth-order valence-corrected chi connectivity index (χ4v) is 1.78. The second-order valence-electron chi connectivity index (χ2n) is 4.35. The maximum Gasteiger partial charge on any atom is 0.326 e. The molecular formula is C13H18N2O6. The summed E-state index contributed by atoms with van der Waals surface area (Å²) in [5.74, 6) is -0.746. The number of anilines is 1. The number of carboxylic acid groups (broad SMARTS) is 1.